The van der Waals surface area contributed by atoms with Gasteiger partial charge in [0.15, 0.2) is 0 Å². The first-order valence-corrected chi connectivity index (χ1v) is 4.91. The van der Waals surface area contributed by atoms with E-state index in [-0.39, 0.29) is 0 Å². The molecule has 0 aromatic carbocycles. The number of rotatable bonds is 4. The summed E-state index contributed by atoms with van der Waals surface area (Å²) in [7, 11) is 0. The van der Waals surface area contributed by atoms with E-state index in [1.165, 1.54) is 0 Å². The summed E-state index contributed by atoms with van der Waals surface area (Å²) < 4.78 is 1.84. The van der Waals surface area contributed by atoms with Gasteiger partial charge in [0.1, 0.15) is 0 Å². The molecule has 1 N–H and O–H groups in total. The van der Waals surface area contributed by atoms with Crippen molar-refractivity contribution in [3.63, 3.8) is 0 Å². The lowest BCUT2D eigenvalue weighted by atomic mass is 10.6. The van der Waals surface area contributed by atoms with Gasteiger partial charge in [0.2, 0.25) is 5.95 Å². The maximum absolute atomic E-state index is 5.66. The Kier molecular flexibility index (Phi) is 3.14. The van der Waals surface area contributed by atoms with Crippen LogP contribution in [0.5, 0.6) is 0 Å². The second-order valence-corrected chi connectivity index (χ2v) is 3.36. The lowest BCUT2D eigenvalue weighted by Crippen LogP contribution is -2.12. The Hall–Kier alpha value is -1.62. The van der Waals surface area contributed by atoms with Crippen LogP contribution < -0.4 is 5.32 Å². The third-order valence-electron chi connectivity index (χ3n) is 1.80. The van der Waals surface area contributed by atoms with E-state index in [1.54, 1.807) is 18.6 Å². The molecule has 5 nitrogen and oxygen atoms in total. The standard InChI is InChI=1S/C9H10ClN5/c10-8-6-12-9(13-7-8)11-3-5-15-4-1-2-14-15/h1-2,4,6-7H,3,5H2,(H,11,12,13). The molecule has 0 saturated heterocycles. The highest BCUT2D eigenvalue weighted by Crippen LogP contribution is 2.04. The van der Waals surface area contributed by atoms with Crippen LogP contribution in [0, 0.1) is 0 Å². The van der Waals surface area contributed by atoms with E-state index in [0.29, 0.717) is 11.0 Å². The third-order valence-corrected chi connectivity index (χ3v) is 2.00. The normalized spacial score (nSPS) is 10.2. The van der Waals surface area contributed by atoms with Gasteiger partial charge < -0.3 is 5.32 Å². The Morgan fingerprint density at radius 1 is 1.33 bits per heavy atom. The van der Waals surface area contributed by atoms with Crippen LogP contribution in [-0.2, 0) is 6.54 Å². The Morgan fingerprint density at radius 2 is 2.13 bits per heavy atom. The van der Waals surface area contributed by atoms with E-state index >= 15 is 0 Å². The van der Waals surface area contributed by atoms with Crippen molar-refractivity contribution in [1.82, 2.24) is 19.7 Å². The van der Waals surface area contributed by atoms with Crippen molar-refractivity contribution >= 4 is 17.5 Å². The van der Waals surface area contributed by atoms with E-state index in [9.17, 15) is 0 Å². The van der Waals surface area contributed by atoms with Crippen molar-refractivity contribution in [2.24, 2.45) is 0 Å². The van der Waals surface area contributed by atoms with Crippen molar-refractivity contribution in [2.75, 3.05) is 11.9 Å². The monoisotopic (exact) mass is 223 g/mol. The van der Waals surface area contributed by atoms with Crippen molar-refractivity contribution in [1.29, 1.82) is 0 Å². The van der Waals surface area contributed by atoms with E-state index in [4.69, 9.17) is 11.6 Å². The van der Waals surface area contributed by atoms with Crippen LogP contribution in [0.15, 0.2) is 30.9 Å². The van der Waals surface area contributed by atoms with E-state index in [1.807, 2.05) is 16.9 Å². The summed E-state index contributed by atoms with van der Waals surface area (Å²) in [4.78, 5) is 8.03. The minimum absolute atomic E-state index is 0.535. The Labute approximate surface area is 92.1 Å². The van der Waals surface area contributed by atoms with Crippen LogP contribution in [0.3, 0.4) is 0 Å². The van der Waals surface area contributed by atoms with Gasteiger partial charge in [-0.3, -0.25) is 4.68 Å². The quantitative estimate of drug-likeness (QED) is 0.852. The summed E-state index contributed by atoms with van der Waals surface area (Å²) in [6, 6.07) is 1.89. The van der Waals surface area contributed by atoms with Crippen molar-refractivity contribution < 1.29 is 0 Å². The van der Waals surface area contributed by atoms with Crippen LogP contribution in [0.25, 0.3) is 0 Å². The highest BCUT2D eigenvalue weighted by Gasteiger charge is 1.95. The minimum Gasteiger partial charge on any atom is -0.352 e. The minimum atomic E-state index is 0.535. The second kappa shape index (κ2) is 4.75. The molecule has 0 aliphatic carbocycles. The van der Waals surface area contributed by atoms with Gasteiger partial charge >= 0.3 is 0 Å². The van der Waals surface area contributed by atoms with Crippen LogP contribution in [-0.4, -0.2) is 26.3 Å². The molecule has 78 valence electrons. The Balaban J connectivity index is 1.81. The lowest BCUT2D eigenvalue weighted by Gasteiger charge is -2.04. The fourth-order valence-corrected chi connectivity index (χ4v) is 1.22. The number of anilines is 1. The molecule has 0 radical (unpaired) electrons. The van der Waals surface area contributed by atoms with E-state index in [0.717, 1.165) is 13.1 Å². The number of nitrogens with one attached hydrogen (secondary N) is 1. The number of halogens is 1. The predicted octanol–water partition coefficient (Wildman–Crippen LogP) is 1.44. The van der Waals surface area contributed by atoms with Gasteiger partial charge in [-0.25, -0.2) is 9.97 Å². The number of hydrogen-bond donors (Lipinski definition) is 1. The molecular formula is C9H10ClN5. The summed E-state index contributed by atoms with van der Waals surface area (Å²) in [6.45, 7) is 1.50. The molecule has 0 saturated carbocycles. The van der Waals surface area contributed by atoms with Gasteiger partial charge in [-0.2, -0.15) is 5.10 Å². The highest BCUT2D eigenvalue weighted by molar-refractivity contribution is 6.30. The maximum Gasteiger partial charge on any atom is 0.222 e. The molecule has 0 fully saturated rings. The molecular weight excluding hydrogens is 214 g/mol. The van der Waals surface area contributed by atoms with Crippen LogP contribution >= 0.6 is 11.6 Å². The van der Waals surface area contributed by atoms with Gasteiger partial charge in [0, 0.05) is 18.9 Å². The number of aromatic nitrogens is 4. The summed E-state index contributed by atoms with van der Waals surface area (Å²) >= 11 is 5.66. The SMILES string of the molecule is Clc1cnc(NCCn2cccn2)nc1. The summed E-state index contributed by atoms with van der Waals surface area (Å²) in [5.74, 6) is 0.576. The summed E-state index contributed by atoms with van der Waals surface area (Å²) in [5, 5.41) is 7.68. The molecule has 0 unspecified atom stereocenters. The van der Waals surface area contributed by atoms with Crippen molar-refractivity contribution in [2.45, 2.75) is 6.54 Å². The van der Waals surface area contributed by atoms with Crippen LogP contribution in [0.1, 0.15) is 0 Å². The second-order valence-electron chi connectivity index (χ2n) is 2.92. The van der Waals surface area contributed by atoms with Gasteiger partial charge in [-0.1, -0.05) is 11.6 Å². The molecule has 2 rings (SSSR count). The van der Waals surface area contributed by atoms with Gasteiger partial charge in [0.25, 0.3) is 0 Å². The predicted molar refractivity (Wildman–Crippen MR) is 57.8 cm³/mol. The van der Waals surface area contributed by atoms with Gasteiger partial charge in [-0.15, -0.1) is 0 Å². The third kappa shape index (κ3) is 2.92. The maximum atomic E-state index is 5.66. The molecule has 0 spiro atoms. The molecule has 6 heteroatoms. The zero-order valence-corrected chi connectivity index (χ0v) is 8.72. The Bertz CT molecular complexity index is 397. The molecule has 2 aromatic rings. The molecule has 0 amide bonds. The Morgan fingerprint density at radius 3 is 2.80 bits per heavy atom. The highest BCUT2D eigenvalue weighted by atomic mass is 35.5. The van der Waals surface area contributed by atoms with Crippen molar-refractivity contribution in [3.05, 3.63) is 35.9 Å². The molecule has 0 bridgehead atoms. The fourth-order valence-electron chi connectivity index (χ4n) is 1.12. The molecule has 2 aromatic heterocycles. The van der Waals surface area contributed by atoms with Crippen LogP contribution in [0.2, 0.25) is 5.02 Å². The first-order valence-electron chi connectivity index (χ1n) is 4.53. The average molecular weight is 224 g/mol. The molecule has 0 aliphatic heterocycles. The zero-order chi connectivity index (χ0) is 10.5. The topological polar surface area (TPSA) is 55.6 Å². The number of nitrogens with zero attached hydrogens (tertiary/aromatic N) is 4. The zero-order valence-electron chi connectivity index (χ0n) is 7.97. The van der Waals surface area contributed by atoms with E-state index in [2.05, 4.69) is 20.4 Å². The number of hydrogen-bond acceptors (Lipinski definition) is 4. The molecule has 15 heavy (non-hydrogen) atoms. The summed E-state index contributed by atoms with van der Waals surface area (Å²) in [5.41, 5.74) is 0. The van der Waals surface area contributed by atoms with Gasteiger partial charge in [0.05, 0.1) is 24.0 Å². The molecule has 0 atom stereocenters. The smallest absolute Gasteiger partial charge is 0.222 e. The largest absolute Gasteiger partial charge is 0.352 e. The average Bonchev–Trinajstić information content (AvgIpc) is 2.74. The first kappa shape index (κ1) is 9.92. The summed E-state index contributed by atoms with van der Waals surface area (Å²) in [6.07, 6.45) is 6.78. The first-order chi connectivity index (χ1) is 7.34. The molecule has 2 heterocycles. The van der Waals surface area contributed by atoms with E-state index < -0.39 is 0 Å². The fraction of sp³-hybridized carbons (Fsp3) is 0.222. The van der Waals surface area contributed by atoms with Gasteiger partial charge in [-0.05, 0) is 6.07 Å². The molecule has 0 aliphatic rings. The van der Waals surface area contributed by atoms with Crippen LogP contribution in [0.4, 0.5) is 5.95 Å². The van der Waals surface area contributed by atoms with Crippen molar-refractivity contribution in [3.8, 4) is 0 Å². The lowest BCUT2D eigenvalue weighted by molar-refractivity contribution is 0.636.